The molecule has 35 heavy (non-hydrogen) atoms. The summed E-state index contributed by atoms with van der Waals surface area (Å²) >= 11 is 1.49. The van der Waals surface area contributed by atoms with Gasteiger partial charge in [0, 0.05) is 18.8 Å². The molecule has 0 radical (unpaired) electrons. The number of ether oxygens (including phenoxy) is 1. The van der Waals surface area contributed by atoms with E-state index in [4.69, 9.17) is 9.73 Å². The van der Waals surface area contributed by atoms with Crippen molar-refractivity contribution >= 4 is 28.8 Å². The van der Waals surface area contributed by atoms with E-state index in [0.717, 1.165) is 36.1 Å². The number of carbonyl (C=O) groups is 2. The lowest BCUT2D eigenvalue weighted by Crippen LogP contribution is -2.39. The van der Waals surface area contributed by atoms with Crippen molar-refractivity contribution in [1.82, 2.24) is 15.1 Å². The van der Waals surface area contributed by atoms with Crippen LogP contribution >= 0.6 is 11.8 Å². The van der Waals surface area contributed by atoms with Crippen molar-refractivity contribution in [2.75, 3.05) is 33.3 Å². The molecular weight excluding hydrogens is 460 g/mol. The number of allylic oxidation sites excluding steroid dienone is 1. The van der Waals surface area contributed by atoms with Crippen LogP contribution in [0.2, 0.25) is 0 Å². The lowest BCUT2D eigenvalue weighted by atomic mass is 9.92. The highest BCUT2D eigenvalue weighted by atomic mass is 32.2. The summed E-state index contributed by atoms with van der Waals surface area (Å²) in [4.78, 5) is 34.9. The van der Waals surface area contributed by atoms with Crippen molar-refractivity contribution in [3.8, 4) is 0 Å². The van der Waals surface area contributed by atoms with Gasteiger partial charge in [0.1, 0.15) is 0 Å². The number of rotatable bonds is 8. The van der Waals surface area contributed by atoms with Crippen LogP contribution < -0.4 is 5.32 Å². The number of thioether (sulfide) groups is 1. The molecule has 1 fully saturated rings. The number of nitrogens with one attached hydrogen (secondary N) is 1. The minimum atomic E-state index is -0.398. The largest absolute Gasteiger partial charge is 0.466 e. The second kappa shape index (κ2) is 11.4. The number of hydrogen-bond acceptors (Lipinski definition) is 7. The number of aliphatic imine (C=N–C) groups is 1. The van der Waals surface area contributed by atoms with Gasteiger partial charge in [0.25, 0.3) is 0 Å². The van der Waals surface area contributed by atoms with E-state index < -0.39 is 12.0 Å². The first-order valence-corrected chi connectivity index (χ1v) is 13.4. The fourth-order valence-corrected chi connectivity index (χ4v) is 5.85. The fourth-order valence-electron chi connectivity index (χ4n) is 4.88. The van der Waals surface area contributed by atoms with Crippen LogP contribution in [-0.2, 0) is 14.3 Å². The van der Waals surface area contributed by atoms with Crippen LogP contribution in [0.4, 0.5) is 0 Å². The van der Waals surface area contributed by atoms with Gasteiger partial charge in [0.2, 0.25) is 5.91 Å². The van der Waals surface area contributed by atoms with Gasteiger partial charge in [-0.25, -0.2) is 9.79 Å². The number of methoxy groups -OCH3 is 1. The molecule has 1 N–H and O–H groups in total. The van der Waals surface area contributed by atoms with Gasteiger partial charge in [-0.3, -0.25) is 4.79 Å². The Labute approximate surface area is 212 Å². The van der Waals surface area contributed by atoms with Gasteiger partial charge in [0.15, 0.2) is 5.17 Å². The molecule has 8 heteroatoms. The topological polar surface area (TPSA) is 74.2 Å². The molecule has 7 nitrogen and oxygen atoms in total. The molecule has 1 aromatic carbocycles. The van der Waals surface area contributed by atoms with Crippen LogP contribution in [0.3, 0.4) is 0 Å². The average molecular weight is 497 g/mol. The van der Waals surface area contributed by atoms with E-state index in [0.29, 0.717) is 23.7 Å². The highest BCUT2D eigenvalue weighted by Gasteiger charge is 2.41. The van der Waals surface area contributed by atoms with Gasteiger partial charge in [-0.15, -0.1) is 0 Å². The van der Waals surface area contributed by atoms with Crippen molar-refractivity contribution in [3.63, 3.8) is 0 Å². The summed E-state index contributed by atoms with van der Waals surface area (Å²) in [6.45, 7) is 9.92. The number of likely N-dealkylation sites (tertiary alicyclic amines) is 1. The highest BCUT2D eigenvalue weighted by molar-refractivity contribution is 8.16. The van der Waals surface area contributed by atoms with Crippen LogP contribution in [0.15, 0.2) is 51.6 Å². The Kier molecular flexibility index (Phi) is 8.34. The van der Waals surface area contributed by atoms with E-state index in [1.165, 1.54) is 43.7 Å². The lowest BCUT2D eigenvalue weighted by Gasteiger charge is -2.36. The molecule has 0 bridgehead atoms. The molecule has 0 saturated carbocycles. The van der Waals surface area contributed by atoms with Crippen molar-refractivity contribution < 1.29 is 14.3 Å². The van der Waals surface area contributed by atoms with E-state index in [-0.39, 0.29) is 12.3 Å². The maximum Gasteiger partial charge on any atom is 0.338 e. The number of fused-ring (bicyclic) bond motifs is 1. The third-order valence-electron chi connectivity index (χ3n) is 6.87. The summed E-state index contributed by atoms with van der Waals surface area (Å²) in [5, 5.41) is 5.84. The number of amides is 1. The first kappa shape index (κ1) is 25.5. The van der Waals surface area contributed by atoms with Gasteiger partial charge in [0.05, 0.1) is 30.8 Å². The van der Waals surface area contributed by atoms with E-state index >= 15 is 0 Å². The standard InChI is InChI=1S/C27H36N4O3S/c1-18(2)20-8-10-21(11-9-20)25-24(26(33)34-4)19(3)29-27-31(25)22(17-35-27)16-23(32)28-12-15-30-13-6-5-7-14-30/h8-11,17-18,25H,5-7,12-16H2,1-4H3,(H,28,32)/t25-/m1/s1. The van der Waals surface area contributed by atoms with Crippen molar-refractivity contribution in [1.29, 1.82) is 0 Å². The number of benzene rings is 1. The maximum atomic E-state index is 12.9. The SMILES string of the molecule is COC(=O)C1=C(C)N=C2SC=C(CC(=O)NCCN3CCCCC3)N2[C@@H]1c1ccc(C(C)C)cc1. The Bertz CT molecular complexity index is 1040. The molecule has 4 rings (SSSR count). The normalized spacial score (nSPS) is 20.5. The minimum absolute atomic E-state index is 0.0186. The predicted molar refractivity (Wildman–Crippen MR) is 141 cm³/mol. The second-order valence-electron chi connectivity index (χ2n) is 9.64. The number of carbonyl (C=O) groups excluding carboxylic acids is 2. The third kappa shape index (κ3) is 5.81. The molecule has 3 heterocycles. The lowest BCUT2D eigenvalue weighted by molar-refractivity contribution is -0.136. The Morgan fingerprint density at radius 1 is 1.17 bits per heavy atom. The molecule has 0 aromatic heterocycles. The smallest absolute Gasteiger partial charge is 0.338 e. The molecular formula is C27H36N4O3S. The van der Waals surface area contributed by atoms with Crippen LogP contribution in [0.1, 0.15) is 69.5 Å². The maximum absolute atomic E-state index is 12.9. The molecule has 3 aliphatic rings. The first-order valence-electron chi connectivity index (χ1n) is 12.5. The Balaban J connectivity index is 1.52. The molecule has 0 spiro atoms. The zero-order valence-corrected chi connectivity index (χ0v) is 22.0. The fraction of sp³-hybridized carbons (Fsp3) is 0.519. The quantitative estimate of drug-likeness (QED) is 0.532. The monoisotopic (exact) mass is 496 g/mol. The summed E-state index contributed by atoms with van der Waals surface area (Å²) in [6, 6.07) is 7.96. The van der Waals surface area contributed by atoms with Crippen molar-refractivity contribution in [3.05, 3.63) is 57.8 Å². The molecule has 1 aromatic rings. The summed E-state index contributed by atoms with van der Waals surface area (Å²) in [5.74, 6) is -0.00306. The third-order valence-corrected chi connectivity index (χ3v) is 7.75. The van der Waals surface area contributed by atoms with Gasteiger partial charge in [-0.1, -0.05) is 56.3 Å². The minimum Gasteiger partial charge on any atom is -0.466 e. The molecule has 1 amide bonds. The van der Waals surface area contributed by atoms with Crippen LogP contribution in [0.5, 0.6) is 0 Å². The molecule has 3 aliphatic heterocycles. The average Bonchev–Trinajstić information content (AvgIpc) is 3.25. The van der Waals surface area contributed by atoms with Crippen LogP contribution in [0, 0.1) is 0 Å². The van der Waals surface area contributed by atoms with E-state index in [9.17, 15) is 9.59 Å². The summed E-state index contributed by atoms with van der Waals surface area (Å²) in [7, 11) is 1.39. The molecule has 0 unspecified atom stereocenters. The highest BCUT2D eigenvalue weighted by Crippen LogP contribution is 2.44. The zero-order chi connectivity index (χ0) is 24.9. The number of hydrogen-bond donors (Lipinski definition) is 1. The van der Waals surface area contributed by atoms with Gasteiger partial charge in [-0.2, -0.15) is 0 Å². The van der Waals surface area contributed by atoms with E-state index in [1.807, 2.05) is 17.2 Å². The van der Waals surface area contributed by atoms with Gasteiger partial charge in [-0.05, 0) is 55.3 Å². The summed E-state index contributed by atoms with van der Waals surface area (Å²) in [5.41, 5.74) is 4.21. The zero-order valence-electron chi connectivity index (χ0n) is 21.2. The summed E-state index contributed by atoms with van der Waals surface area (Å²) in [6.07, 6.45) is 4.02. The Morgan fingerprint density at radius 2 is 1.89 bits per heavy atom. The first-order chi connectivity index (χ1) is 16.9. The van der Waals surface area contributed by atoms with Crippen molar-refractivity contribution in [2.45, 2.75) is 58.4 Å². The Hall–Kier alpha value is -2.58. The number of amidine groups is 1. The number of nitrogens with zero attached hydrogens (tertiary/aromatic N) is 3. The van der Waals surface area contributed by atoms with Crippen LogP contribution in [0.25, 0.3) is 0 Å². The number of piperidine rings is 1. The van der Waals surface area contributed by atoms with Gasteiger partial charge < -0.3 is 19.9 Å². The second-order valence-corrected chi connectivity index (χ2v) is 10.5. The van der Waals surface area contributed by atoms with Gasteiger partial charge >= 0.3 is 5.97 Å². The predicted octanol–water partition coefficient (Wildman–Crippen LogP) is 4.55. The molecule has 188 valence electrons. The van der Waals surface area contributed by atoms with E-state index in [2.05, 4.69) is 48.3 Å². The van der Waals surface area contributed by atoms with Crippen molar-refractivity contribution in [2.24, 2.45) is 4.99 Å². The van der Waals surface area contributed by atoms with Crippen LogP contribution in [-0.4, -0.2) is 60.1 Å². The summed E-state index contributed by atoms with van der Waals surface area (Å²) < 4.78 is 5.15. The van der Waals surface area contributed by atoms with E-state index in [1.54, 1.807) is 0 Å². The molecule has 1 atom stereocenters. The number of esters is 1. The Morgan fingerprint density at radius 3 is 2.54 bits per heavy atom. The molecule has 0 aliphatic carbocycles. The molecule has 1 saturated heterocycles.